The molecule has 0 spiro atoms. The van der Waals surface area contributed by atoms with Gasteiger partial charge in [-0.1, -0.05) is 0 Å². The first-order valence-electron chi connectivity index (χ1n) is 10.5. The molecule has 230 valence electrons. The highest BCUT2D eigenvalue weighted by Gasteiger charge is 2.46. The van der Waals surface area contributed by atoms with E-state index < -0.39 is 93.1 Å². The van der Waals surface area contributed by atoms with Gasteiger partial charge in [-0.25, -0.2) is 0 Å². The standard InChI is InChI=1S/C23H11F15N2O2/c24-19(25,26)9-2-1-8(41-17-10(20(27,28)29)3-5-12(39)15(17)22(33,34)35)7-14(9)42-18-11(21(30,31)32)4-6-13(40)16(18)23(36,37)38/h1-7H,39-40H2. The predicted octanol–water partition coefficient (Wildman–Crippen LogP) is 9.53. The number of benzene rings is 3. The molecule has 4 nitrogen and oxygen atoms in total. The molecule has 42 heavy (non-hydrogen) atoms. The van der Waals surface area contributed by atoms with Crippen LogP contribution >= 0.6 is 0 Å². The lowest BCUT2D eigenvalue weighted by Crippen LogP contribution is -2.17. The van der Waals surface area contributed by atoms with Gasteiger partial charge in [0.15, 0.2) is 11.5 Å². The van der Waals surface area contributed by atoms with E-state index in [1.807, 2.05) is 0 Å². The fourth-order valence-electron chi connectivity index (χ4n) is 3.55. The smallest absolute Gasteiger partial charge is 0.421 e. The lowest BCUT2D eigenvalue weighted by Gasteiger charge is -2.23. The summed E-state index contributed by atoms with van der Waals surface area (Å²) in [6.45, 7) is 0. The van der Waals surface area contributed by atoms with Gasteiger partial charge < -0.3 is 20.9 Å². The summed E-state index contributed by atoms with van der Waals surface area (Å²) in [5.41, 5.74) is -3.54. The van der Waals surface area contributed by atoms with Crippen molar-refractivity contribution in [2.24, 2.45) is 0 Å². The quantitative estimate of drug-likeness (QED) is 0.222. The van der Waals surface area contributed by atoms with Crippen LogP contribution in [0.5, 0.6) is 23.0 Å². The molecule has 0 aromatic heterocycles. The van der Waals surface area contributed by atoms with Crippen molar-refractivity contribution in [2.45, 2.75) is 30.9 Å². The average molecular weight is 632 g/mol. The molecule has 0 aliphatic heterocycles. The molecule has 3 rings (SSSR count). The second-order valence-electron chi connectivity index (χ2n) is 8.16. The summed E-state index contributed by atoms with van der Waals surface area (Å²) >= 11 is 0. The zero-order valence-corrected chi connectivity index (χ0v) is 19.7. The van der Waals surface area contributed by atoms with E-state index in [0.29, 0.717) is 0 Å². The molecular weight excluding hydrogens is 621 g/mol. The third-order valence-corrected chi connectivity index (χ3v) is 5.25. The number of nitrogens with two attached hydrogens (primary N) is 2. The topological polar surface area (TPSA) is 70.5 Å². The maximum atomic E-state index is 13.6. The van der Waals surface area contributed by atoms with Crippen molar-refractivity contribution in [1.82, 2.24) is 0 Å². The number of anilines is 2. The highest BCUT2D eigenvalue weighted by molar-refractivity contribution is 5.63. The van der Waals surface area contributed by atoms with E-state index in [4.69, 9.17) is 11.5 Å². The maximum absolute atomic E-state index is 13.6. The van der Waals surface area contributed by atoms with E-state index >= 15 is 0 Å². The van der Waals surface area contributed by atoms with Gasteiger partial charge in [0.2, 0.25) is 0 Å². The molecule has 0 amide bonds. The SMILES string of the molecule is Nc1ccc(C(F)(F)F)c(Oc2ccc(C(F)(F)F)c(Oc3c(C(F)(F)F)ccc(N)c3C(F)(F)F)c2)c1C(F)(F)F. The van der Waals surface area contributed by atoms with Crippen LogP contribution in [0, 0.1) is 0 Å². The van der Waals surface area contributed by atoms with Crippen LogP contribution in [-0.2, 0) is 30.9 Å². The van der Waals surface area contributed by atoms with Crippen molar-refractivity contribution in [1.29, 1.82) is 0 Å². The summed E-state index contributed by atoms with van der Waals surface area (Å²) in [6, 6.07) is 0.204. The molecule has 0 bridgehead atoms. The Labute approximate surface area is 223 Å². The van der Waals surface area contributed by atoms with E-state index in [-0.39, 0.29) is 42.5 Å². The average Bonchev–Trinajstić information content (AvgIpc) is 2.75. The first kappa shape index (κ1) is 32.3. The highest BCUT2D eigenvalue weighted by Crippen LogP contribution is 2.52. The van der Waals surface area contributed by atoms with Crippen LogP contribution in [0.3, 0.4) is 0 Å². The Morgan fingerprint density at radius 2 is 0.786 bits per heavy atom. The van der Waals surface area contributed by atoms with E-state index in [1.165, 1.54) is 0 Å². The molecule has 0 heterocycles. The van der Waals surface area contributed by atoms with Crippen molar-refractivity contribution in [3.63, 3.8) is 0 Å². The number of rotatable bonds is 4. The minimum atomic E-state index is -5.75. The summed E-state index contributed by atoms with van der Waals surface area (Å²) in [6.07, 6.45) is -28.2. The summed E-state index contributed by atoms with van der Waals surface area (Å²) in [7, 11) is 0. The fraction of sp³-hybridized carbons (Fsp3) is 0.217. The van der Waals surface area contributed by atoms with Gasteiger partial charge in [-0.15, -0.1) is 0 Å². The van der Waals surface area contributed by atoms with E-state index in [0.717, 1.165) is 0 Å². The molecular formula is C23H11F15N2O2. The molecule has 0 radical (unpaired) electrons. The number of ether oxygens (including phenoxy) is 2. The monoisotopic (exact) mass is 632 g/mol. The minimum absolute atomic E-state index is 0.0410. The molecule has 0 unspecified atom stereocenters. The lowest BCUT2D eigenvalue weighted by molar-refractivity contribution is -0.146. The third-order valence-electron chi connectivity index (χ3n) is 5.25. The van der Waals surface area contributed by atoms with Gasteiger partial charge in [-0.3, -0.25) is 0 Å². The Bertz CT molecular complexity index is 1480. The summed E-state index contributed by atoms with van der Waals surface area (Å²) < 4.78 is 213. The van der Waals surface area contributed by atoms with Crippen LogP contribution in [0.1, 0.15) is 27.8 Å². The van der Waals surface area contributed by atoms with Gasteiger partial charge in [0.1, 0.15) is 22.6 Å². The second kappa shape index (κ2) is 10.3. The largest absolute Gasteiger partial charge is 0.456 e. The Morgan fingerprint density at radius 1 is 0.429 bits per heavy atom. The van der Waals surface area contributed by atoms with Gasteiger partial charge in [-0.2, -0.15) is 65.9 Å². The van der Waals surface area contributed by atoms with Crippen LogP contribution in [-0.4, -0.2) is 0 Å². The zero-order chi connectivity index (χ0) is 32.2. The number of nitrogen functional groups attached to an aromatic ring is 2. The van der Waals surface area contributed by atoms with Crippen LogP contribution in [0.15, 0.2) is 42.5 Å². The Balaban J connectivity index is 2.33. The summed E-state index contributed by atoms with van der Waals surface area (Å²) in [5.74, 6) is -7.64. The minimum Gasteiger partial charge on any atom is -0.456 e. The first-order valence-corrected chi connectivity index (χ1v) is 10.5. The second-order valence-corrected chi connectivity index (χ2v) is 8.16. The van der Waals surface area contributed by atoms with Gasteiger partial charge in [0, 0.05) is 17.4 Å². The first-order chi connectivity index (χ1) is 18.8. The van der Waals surface area contributed by atoms with Crippen LogP contribution in [0.25, 0.3) is 0 Å². The molecule has 0 aliphatic rings. The summed E-state index contributed by atoms with van der Waals surface area (Å²) in [4.78, 5) is 0. The van der Waals surface area contributed by atoms with Gasteiger partial charge in [0.05, 0.1) is 16.7 Å². The van der Waals surface area contributed by atoms with Crippen molar-refractivity contribution in [3.8, 4) is 23.0 Å². The van der Waals surface area contributed by atoms with E-state index in [2.05, 4.69) is 9.47 Å². The number of hydrogen-bond donors (Lipinski definition) is 2. The van der Waals surface area contributed by atoms with Crippen molar-refractivity contribution >= 4 is 11.4 Å². The Hall–Kier alpha value is -4.19. The van der Waals surface area contributed by atoms with Crippen LogP contribution in [0.4, 0.5) is 77.2 Å². The van der Waals surface area contributed by atoms with Crippen LogP contribution < -0.4 is 20.9 Å². The molecule has 3 aromatic carbocycles. The van der Waals surface area contributed by atoms with Crippen molar-refractivity contribution in [2.75, 3.05) is 11.5 Å². The molecule has 4 N–H and O–H groups in total. The lowest BCUT2D eigenvalue weighted by atomic mass is 10.0. The van der Waals surface area contributed by atoms with E-state index in [1.54, 1.807) is 0 Å². The number of halogens is 15. The molecule has 0 aliphatic carbocycles. The normalized spacial score (nSPS) is 13.3. The molecule has 0 atom stereocenters. The molecule has 0 fully saturated rings. The van der Waals surface area contributed by atoms with Gasteiger partial charge >= 0.3 is 30.9 Å². The fourth-order valence-corrected chi connectivity index (χ4v) is 3.55. The van der Waals surface area contributed by atoms with Gasteiger partial charge in [0.25, 0.3) is 0 Å². The zero-order valence-electron chi connectivity index (χ0n) is 19.7. The predicted molar refractivity (Wildman–Crippen MR) is 113 cm³/mol. The van der Waals surface area contributed by atoms with Crippen molar-refractivity contribution in [3.05, 3.63) is 70.3 Å². The van der Waals surface area contributed by atoms with Crippen molar-refractivity contribution < 1.29 is 75.3 Å². The van der Waals surface area contributed by atoms with Crippen LogP contribution in [0.2, 0.25) is 0 Å². The Morgan fingerprint density at radius 3 is 1.14 bits per heavy atom. The third kappa shape index (κ3) is 6.64. The summed E-state index contributed by atoms with van der Waals surface area (Å²) in [5, 5.41) is 0. The number of alkyl halides is 15. The molecule has 0 saturated carbocycles. The van der Waals surface area contributed by atoms with Gasteiger partial charge in [-0.05, 0) is 36.4 Å². The Kier molecular flexibility index (Phi) is 7.90. The molecule has 3 aromatic rings. The maximum Gasteiger partial charge on any atom is 0.421 e. The highest BCUT2D eigenvalue weighted by atomic mass is 19.4. The number of hydrogen-bond acceptors (Lipinski definition) is 4. The molecule has 19 heteroatoms. The molecule has 0 saturated heterocycles. The van der Waals surface area contributed by atoms with E-state index in [9.17, 15) is 65.9 Å².